The highest BCUT2D eigenvalue weighted by atomic mass is 19.4. The second-order valence-corrected chi connectivity index (χ2v) is 9.80. The lowest BCUT2D eigenvalue weighted by molar-refractivity contribution is -0.148. The number of fused-ring (bicyclic) bond motifs is 3. The van der Waals surface area contributed by atoms with E-state index in [1.807, 2.05) is 0 Å². The number of benzene rings is 2. The number of aromatic amines is 1. The third kappa shape index (κ3) is 5.55. The zero-order chi connectivity index (χ0) is 28.5. The quantitative estimate of drug-likeness (QED) is 0.267. The average molecular weight is 549 g/mol. The second-order valence-electron chi connectivity index (χ2n) is 9.80. The predicted molar refractivity (Wildman–Crippen MR) is 136 cm³/mol. The number of halogens is 4. The molecular formula is C27H28F4N4O4. The average Bonchev–Trinajstić information content (AvgIpc) is 3.25. The Kier molecular flexibility index (Phi) is 7.58. The highest BCUT2D eigenvalue weighted by Gasteiger charge is 2.46. The van der Waals surface area contributed by atoms with E-state index in [0.29, 0.717) is 17.7 Å². The maximum atomic E-state index is 14.0. The number of anilines is 1. The van der Waals surface area contributed by atoms with Crippen LogP contribution in [-0.4, -0.2) is 39.6 Å². The predicted octanol–water partition coefficient (Wildman–Crippen LogP) is 4.99. The third-order valence-electron chi connectivity index (χ3n) is 7.29. The molecule has 0 bridgehead atoms. The molecule has 1 heterocycles. The lowest BCUT2D eigenvalue weighted by Gasteiger charge is -2.36. The van der Waals surface area contributed by atoms with Crippen LogP contribution in [0.3, 0.4) is 0 Å². The summed E-state index contributed by atoms with van der Waals surface area (Å²) in [5.74, 6) is -3.22. The number of carbonyl (C=O) groups is 3. The van der Waals surface area contributed by atoms with E-state index in [1.165, 1.54) is 30.3 Å². The van der Waals surface area contributed by atoms with Crippen molar-refractivity contribution in [2.75, 3.05) is 5.32 Å². The number of carboxylic acid groups (broad SMARTS) is 1. The summed E-state index contributed by atoms with van der Waals surface area (Å²) in [6.45, 7) is 3.48. The summed E-state index contributed by atoms with van der Waals surface area (Å²) in [4.78, 5) is 41.4. The van der Waals surface area contributed by atoms with Crippen LogP contribution in [0.4, 0.5) is 28.0 Å². The van der Waals surface area contributed by atoms with E-state index in [1.54, 1.807) is 13.8 Å². The summed E-state index contributed by atoms with van der Waals surface area (Å²) >= 11 is 0. The third-order valence-corrected chi connectivity index (χ3v) is 7.29. The summed E-state index contributed by atoms with van der Waals surface area (Å²) in [6.07, 6.45) is -4.40. The molecule has 208 valence electrons. The number of carbonyl (C=O) groups excluding carboxylic acids is 2. The monoisotopic (exact) mass is 548 g/mol. The molecular weight excluding hydrogens is 520 g/mol. The van der Waals surface area contributed by atoms with Gasteiger partial charge in [0.05, 0.1) is 16.8 Å². The van der Waals surface area contributed by atoms with Crippen molar-refractivity contribution in [2.45, 2.75) is 57.3 Å². The van der Waals surface area contributed by atoms with Crippen LogP contribution in [0.15, 0.2) is 42.5 Å². The van der Waals surface area contributed by atoms with Gasteiger partial charge in [0, 0.05) is 17.5 Å². The number of aromatic nitrogens is 1. The van der Waals surface area contributed by atoms with Crippen LogP contribution < -0.4 is 16.0 Å². The van der Waals surface area contributed by atoms with Crippen molar-refractivity contribution in [2.24, 2.45) is 5.92 Å². The van der Waals surface area contributed by atoms with Crippen LogP contribution in [-0.2, 0) is 28.6 Å². The van der Waals surface area contributed by atoms with Gasteiger partial charge in [-0.1, -0.05) is 44.5 Å². The van der Waals surface area contributed by atoms with Crippen molar-refractivity contribution in [3.05, 3.63) is 65.1 Å². The highest BCUT2D eigenvalue weighted by Crippen LogP contribution is 2.40. The molecule has 39 heavy (non-hydrogen) atoms. The number of aryl methyl sites for hydroxylation is 1. The molecule has 0 saturated carbocycles. The van der Waals surface area contributed by atoms with Crippen LogP contribution in [0.5, 0.6) is 0 Å². The minimum Gasteiger partial charge on any atom is -0.479 e. The molecule has 0 fully saturated rings. The molecule has 2 unspecified atom stereocenters. The van der Waals surface area contributed by atoms with Gasteiger partial charge >= 0.3 is 18.2 Å². The van der Waals surface area contributed by atoms with Crippen molar-refractivity contribution >= 4 is 34.5 Å². The molecule has 0 spiro atoms. The van der Waals surface area contributed by atoms with Crippen LogP contribution in [0, 0.1) is 11.7 Å². The normalized spacial score (nSPS) is 18.6. The first-order chi connectivity index (χ1) is 18.4. The SMILES string of the molecule is CCC(C)C(NC(=O)Nc1ccccc1F)C(=O)N[C@]1(C(=O)O)CCc2[nH]c3c(C(F)(F)F)cccc3c2C1. The minimum atomic E-state index is -4.61. The molecule has 3 aromatic rings. The number of amides is 3. The molecule has 0 saturated heterocycles. The number of urea groups is 1. The maximum Gasteiger partial charge on any atom is 0.418 e. The molecule has 0 radical (unpaired) electrons. The standard InChI is InChI=1S/C27H28F4N4O4/c1-3-14(2)21(34-25(39)33-20-10-5-4-9-18(20)28)23(36)35-26(24(37)38)12-11-19-16(13-26)15-7-6-8-17(22(15)32-19)27(29,30)31/h4-10,14,21,32H,3,11-13H2,1-2H3,(H,35,36)(H,37,38)(H2,33,34,39)/t14?,21?,26-/m1/s1. The first-order valence-corrected chi connectivity index (χ1v) is 12.4. The van der Waals surface area contributed by atoms with Crippen LogP contribution in [0.25, 0.3) is 10.9 Å². The van der Waals surface area contributed by atoms with Crippen molar-refractivity contribution in [3.8, 4) is 0 Å². The Balaban J connectivity index is 1.60. The summed E-state index contributed by atoms with van der Waals surface area (Å²) in [5.41, 5.74) is -2.04. The van der Waals surface area contributed by atoms with E-state index in [9.17, 15) is 37.1 Å². The fraction of sp³-hybridized carbons (Fsp3) is 0.370. The first-order valence-electron chi connectivity index (χ1n) is 12.4. The van der Waals surface area contributed by atoms with Crippen molar-refractivity contribution in [1.29, 1.82) is 0 Å². The Labute approximate surface area is 221 Å². The molecule has 1 aliphatic carbocycles. The van der Waals surface area contributed by atoms with E-state index in [4.69, 9.17) is 0 Å². The number of hydrogen-bond donors (Lipinski definition) is 5. The molecule has 1 aliphatic rings. The van der Waals surface area contributed by atoms with Crippen LogP contribution in [0.1, 0.15) is 43.5 Å². The van der Waals surface area contributed by atoms with Gasteiger partial charge in [0.1, 0.15) is 17.4 Å². The van der Waals surface area contributed by atoms with Gasteiger partial charge in [-0.05, 0) is 42.5 Å². The Hall–Kier alpha value is -4.09. The number of nitrogens with one attached hydrogen (secondary N) is 4. The number of H-pyrrole nitrogens is 1. The van der Waals surface area contributed by atoms with Gasteiger partial charge in [0.25, 0.3) is 0 Å². The lowest BCUT2D eigenvalue weighted by atomic mass is 9.79. The molecule has 4 rings (SSSR count). The van der Waals surface area contributed by atoms with Gasteiger partial charge < -0.3 is 26.0 Å². The largest absolute Gasteiger partial charge is 0.479 e. The fourth-order valence-electron chi connectivity index (χ4n) is 4.93. The maximum absolute atomic E-state index is 14.0. The summed E-state index contributed by atoms with van der Waals surface area (Å²) in [7, 11) is 0. The lowest BCUT2D eigenvalue weighted by Crippen LogP contribution is -2.62. The molecule has 0 aliphatic heterocycles. The van der Waals surface area contributed by atoms with Crippen molar-refractivity contribution in [1.82, 2.24) is 15.6 Å². The van der Waals surface area contributed by atoms with Crippen molar-refractivity contribution in [3.63, 3.8) is 0 Å². The Morgan fingerprint density at radius 2 is 1.85 bits per heavy atom. The van der Waals surface area contributed by atoms with Crippen LogP contribution in [0.2, 0.25) is 0 Å². The van der Waals surface area contributed by atoms with Gasteiger partial charge in [-0.15, -0.1) is 0 Å². The van der Waals surface area contributed by atoms with Crippen LogP contribution >= 0.6 is 0 Å². The number of alkyl halides is 3. The Morgan fingerprint density at radius 3 is 2.49 bits per heavy atom. The van der Waals surface area contributed by atoms with E-state index in [2.05, 4.69) is 20.9 Å². The Morgan fingerprint density at radius 1 is 1.13 bits per heavy atom. The van der Waals surface area contributed by atoms with Gasteiger partial charge in [-0.2, -0.15) is 13.2 Å². The zero-order valence-corrected chi connectivity index (χ0v) is 21.2. The number of hydrogen-bond acceptors (Lipinski definition) is 3. The van der Waals surface area contributed by atoms with E-state index in [-0.39, 0.29) is 35.9 Å². The molecule has 8 nitrogen and oxygen atoms in total. The van der Waals surface area contributed by atoms with Gasteiger partial charge in [0.15, 0.2) is 0 Å². The number of carboxylic acids is 1. The van der Waals surface area contributed by atoms with Gasteiger partial charge in [-0.3, -0.25) is 4.79 Å². The highest BCUT2D eigenvalue weighted by molar-refractivity contribution is 5.96. The second kappa shape index (κ2) is 10.6. The van der Waals surface area contributed by atoms with E-state index >= 15 is 0 Å². The molecule has 5 N–H and O–H groups in total. The number of aliphatic carboxylic acids is 1. The fourth-order valence-corrected chi connectivity index (χ4v) is 4.93. The van der Waals surface area contributed by atoms with Gasteiger partial charge in [0.2, 0.25) is 5.91 Å². The van der Waals surface area contributed by atoms with Crippen molar-refractivity contribution < 1.29 is 37.1 Å². The molecule has 2 aromatic carbocycles. The molecule has 12 heteroatoms. The van der Waals surface area contributed by atoms with E-state index in [0.717, 1.165) is 12.1 Å². The molecule has 3 atom stereocenters. The topological polar surface area (TPSA) is 123 Å². The van der Waals surface area contributed by atoms with Gasteiger partial charge in [-0.25, -0.2) is 14.0 Å². The Bertz CT molecular complexity index is 1420. The number of para-hydroxylation sites is 2. The number of rotatable bonds is 7. The molecule has 3 amide bonds. The summed E-state index contributed by atoms with van der Waals surface area (Å²) in [6, 6.07) is 7.14. The minimum absolute atomic E-state index is 0.0795. The zero-order valence-electron chi connectivity index (χ0n) is 21.2. The summed E-state index contributed by atoms with van der Waals surface area (Å²) < 4.78 is 54.7. The summed E-state index contributed by atoms with van der Waals surface area (Å²) in [5, 5.41) is 17.9. The van der Waals surface area contributed by atoms with E-state index < -0.39 is 53.0 Å². The smallest absolute Gasteiger partial charge is 0.418 e. The first kappa shape index (κ1) is 27.9. The molecule has 1 aromatic heterocycles.